The highest BCUT2D eigenvalue weighted by Gasteiger charge is 2.21. The molecule has 1 heterocycles. The minimum Gasteiger partial charge on any atom is -0.465 e. The van der Waals surface area contributed by atoms with Gasteiger partial charge in [-0.15, -0.1) is 0 Å². The average Bonchev–Trinajstić information content (AvgIpc) is 2.86. The van der Waals surface area contributed by atoms with E-state index in [4.69, 9.17) is 9.47 Å². The highest BCUT2D eigenvalue weighted by atomic mass is 16.5. The fourth-order valence-corrected chi connectivity index (χ4v) is 4.34. The van der Waals surface area contributed by atoms with Crippen LogP contribution in [0.25, 0.3) is 0 Å². The second-order valence-electron chi connectivity index (χ2n) is 8.54. The van der Waals surface area contributed by atoms with E-state index in [0.717, 1.165) is 32.2 Å². The molecule has 1 saturated heterocycles. The number of amides is 2. The van der Waals surface area contributed by atoms with Gasteiger partial charge in [-0.05, 0) is 68.3 Å². The summed E-state index contributed by atoms with van der Waals surface area (Å²) in [5.41, 5.74) is 1.99. The molecule has 0 aliphatic carbocycles. The van der Waals surface area contributed by atoms with Gasteiger partial charge in [-0.25, -0.2) is 14.4 Å². The summed E-state index contributed by atoms with van der Waals surface area (Å²) >= 11 is 0. The van der Waals surface area contributed by atoms with Crippen molar-refractivity contribution in [1.82, 2.24) is 10.6 Å². The second-order valence-corrected chi connectivity index (χ2v) is 8.54. The number of ether oxygens (including phenoxy) is 2. The van der Waals surface area contributed by atoms with Gasteiger partial charge < -0.3 is 25.4 Å². The number of rotatable bonds is 9. The van der Waals surface area contributed by atoms with Crippen molar-refractivity contribution in [3.05, 3.63) is 65.2 Å². The first-order valence-corrected chi connectivity index (χ1v) is 11.6. The van der Waals surface area contributed by atoms with Crippen molar-refractivity contribution in [3.8, 4) is 0 Å². The molecule has 1 aliphatic heterocycles. The van der Waals surface area contributed by atoms with Crippen molar-refractivity contribution in [3.63, 3.8) is 0 Å². The van der Waals surface area contributed by atoms with E-state index in [2.05, 4.69) is 40.2 Å². The number of esters is 2. The molecule has 182 valence electrons. The lowest BCUT2D eigenvalue weighted by atomic mass is 9.86. The van der Waals surface area contributed by atoms with Crippen LogP contribution in [0.2, 0.25) is 0 Å². The van der Waals surface area contributed by atoms with Crippen molar-refractivity contribution >= 4 is 23.7 Å². The van der Waals surface area contributed by atoms with Gasteiger partial charge in [-0.3, -0.25) is 0 Å². The summed E-state index contributed by atoms with van der Waals surface area (Å²) in [6, 6.07) is 14.9. The van der Waals surface area contributed by atoms with Gasteiger partial charge in [-0.2, -0.15) is 0 Å². The highest BCUT2D eigenvalue weighted by molar-refractivity contribution is 5.99. The van der Waals surface area contributed by atoms with E-state index in [-0.39, 0.29) is 11.1 Å². The van der Waals surface area contributed by atoms with Crippen LogP contribution < -0.4 is 16.0 Å². The molecule has 0 unspecified atom stereocenters. The van der Waals surface area contributed by atoms with E-state index in [0.29, 0.717) is 24.2 Å². The van der Waals surface area contributed by atoms with Gasteiger partial charge in [-0.1, -0.05) is 30.3 Å². The number of anilines is 1. The number of nitrogens with one attached hydrogen (secondary N) is 3. The van der Waals surface area contributed by atoms with E-state index in [1.54, 1.807) is 0 Å². The molecule has 0 saturated carbocycles. The molecule has 0 bridgehead atoms. The van der Waals surface area contributed by atoms with Crippen LogP contribution in [0, 0.1) is 5.92 Å². The Morgan fingerprint density at radius 2 is 1.68 bits per heavy atom. The number of hydrogen-bond donors (Lipinski definition) is 3. The molecule has 3 N–H and O–H groups in total. The standard InChI is InChI=1S/C26H33N3O5/c1-33-24(30)20-15-21(25(31)34-2)17-23(16-20)29-26(32)28-11-6-9-22-14-19(10-12-27-22)13-18-7-4-3-5-8-18/h3-5,7-8,15-17,19,22,27H,6,9-14H2,1-2H3,(H2,28,29,32)/t19-,22-/m0/s1. The first kappa shape index (κ1) is 25.2. The van der Waals surface area contributed by atoms with Crippen LogP contribution in [0.3, 0.4) is 0 Å². The summed E-state index contributed by atoms with van der Waals surface area (Å²) in [6.45, 7) is 1.54. The Hall–Kier alpha value is -3.39. The van der Waals surface area contributed by atoms with E-state index in [1.807, 2.05) is 6.07 Å². The molecule has 34 heavy (non-hydrogen) atoms. The summed E-state index contributed by atoms with van der Waals surface area (Å²) in [5.74, 6) is -0.546. The van der Waals surface area contributed by atoms with Crippen molar-refractivity contribution in [2.75, 3.05) is 32.6 Å². The third kappa shape index (κ3) is 7.59. The maximum atomic E-state index is 12.4. The second kappa shape index (κ2) is 12.7. The number of urea groups is 1. The molecule has 2 aromatic rings. The van der Waals surface area contributed by atoms with E-state index in [9.17, 15) is 14.4 Å². The lowest BCUT2D eigenvalue weighted by molar-refractivity contribution is 0.0599. The van der Waals surface area contributed by atoms with Crippen molar-refractivity contribution in [1.29, 1.82) is 0 Å². The number of methoxy groups -OCH3 is 2. The maximum Gasteiger partial charge on any atom is 0.337 e. The molecule has 0 radical (unpaired) electrons. The average molecular weight is 468 g/mol. The SMILES string of the molecule is COC(=O)c1cc(NC(=O)NCCC[C@H]2C[C@H](Cc3ccccc3)CCN2)cc(C(=O)OC)c1. The van der Waals surface area contributed by atoms with E-state index < -0.39 is 18.0 Å². The molecule has 8 nitrogen and oxygen atoms in total. The van der Waals surface area contributed by atoms with Crippen LogP contribution in [0.5, 0.6) is 0 Å². The van der Waals surface area contributed by atoms with E-state index >= 15 is 0 Å². The number of hydrogen-bond acceptors (Lipinski definition) is 6. The van der Waals surface area contributed by atoms with Gasteiger partial charge in [0.15, 0.2) is 0 Å². The van der Waals surface area contributed by atoms with Crippen LogP contribution in [0.15, 0.2) is 48.5 Å². The molecule has 8 heteroatoms. The molecule has 1 fully saturated rings. The molecule has 2 aromatic carbocycles. The van der Waals surface area contributed by atoms with E-state index in [1.165, 1.54) is 44.4 Å². The van der Waals surface area contributed by atoms with Gasteiger partial charge in [0.25, 0.3) is 0 Å². The largest absolute Gasteiger partial charge is 0.465 e. The zero-order valence-corrected chi connectivity index (χ0v) is 19.8. The highest BCUT2D eigenvalue weighted by Crippen LogP contribution is 2.23. The summed E-state index contributed by atoms with van der Waals surface area (Å²) in [6.07, 6.45) is 5.26. The zero-order chi connectivity index (χ0) is 24.3. The molecular weight excluding hydrogens is 434 g/mol. The predicted octanol–water partition coefficient (Wildman–Crippen LogP) is 3.77. The first-order valence-electron chi connectivity index (χ1n) is 11.6. The number of carbonyl (C=O) groups is 3. The molecular formula is C26H33N3O5. The van der Waals surface area contributed by atoms with Crippen LogP contribution in [0.1, 0.15) is 52.0 Å². The maximum absolute atomic E-state index is 12.4. The van der Waals surface area contributed by atoms with Gasteiger partial charge in [0.2, 0.25) is 0 Å². The first-order chi connectivity index (χ1) is 16.5. The summed E-state index contributed by atoms with van der Waals surface area (Å²) in [4.78, 5) is 36.1. The lowest BCUT2D eigenvalue weighted by Crippen LogP contribution is -2.39. The van der Waals surface area contributed by atoms with Crippen LogP contribution >= 0.6 is 0 Å². The van der Waals surface area contributed by atoms with Crippen LogP contribution in [0.4, 0.5) is 10.5 Å². The molecule has 2 atom stereocenters. The molecule has 3 rings (SSSR count). The summed E-state index contributed by atoms with van der Waals surface area (Å²) in [7, 11) is 2.50. The summed E-state index contributed by atoms with van der Waals surface area (Å²) in [5, 5.41) is 9.10. The smallest absolute Gasteiger partial charge is 0.337 e. The van der Waals surface area contributed by atoms with Gasteiger partial charge in [0.1, 0.15) is 0 Å². The predicted molar refractivity (Wildman–Crippen MR) is 130 cm³/mol. The monoisotopic (exact) mass is 467 g/mol. The minimum absolute atomic E-state index is 0.147. The van der Waals surface area contributed by atoms with Gasteiger partial charge in [0.05, 0.1) is 25.3 Å². The number of benzene rings is 2. The van der Waals surface area contributed by atoms with Crippen molar-refractivity contribution < 1.29 is 23.9 Å². The van der Waals surface area contributed by atoms with Crippen LogP contribution in [-0.2, 0) is 15.9 Å². The Labute approximate surface area is 200 Å². The fraction of sp³-hybridized carbons (Fsp3) is 0.423. The number of carbonyl (C=O) groups excluding carboxylic acids is 3. The normalized spacial score (nSPS) is 17.5. The Bertz CT molecular complexity index is 945. The topological polar surface area (TPSA) is 106 Å². The Balaban J connectivity index is 1.44. The quantitative estimate of drug-likeness (QED) is 0.383. The third-order valence-electron chi connectivity index (χ3n) is 6.02. The molecule has 1 aliphatic rings. The summed E-state index contributed by atoms with van der Waals surface area (Å²) < 4.78 is 9.43. The molecule has 0 spiro atoms. The van der Waals surface area contributed by atoms with Crippen molar-refractivity contribution in [2.45, 2.75) is 38.1 Å². The molecule has 2 amide bonds. The van der Waals surface area contributed by atoms with Gasteiger partial charge in [0, 0.05) is 18.3 Å². The third-order valence-corrected chi connectivity index (χ3v) is 6.02. The van der Waals surface area contributed by atoms with Crippen molar-refractivity contribution in [2.24, 2.45) is 5.92 Å². The zero-order valence-electron chi connectivity index (χ0n) is 19.8. The lowest BCUT2D eigenvalue weighted by Gasteiger charge is -2.30. The fourth-order valence-electron chi connectivity index (χ4n) is 4.34. The molecule has 0 aromatic heterocycles. The Morgan fingerprint density at radius 3 is 2.32 bits per heavy atom. The minimum atomic E-state index is -0.611. The number of piperidine rings is 1. The van der Waals surface area contributed by atoms with Crippen LogP contribution in [-0.4, -0.2) is 51.3 Å². The Kier molecular flexibility index (Phi) is 9.46. The Morgan fingerprint density at radius 1 is 1.00 bits per heavy atom. The van der Waals surface area contributed by atoms with Gasteiger partial charge >= 0.3 is 18.0 Å².